The summed E-state index contributed by atoms with van der Waals surface area (Å²) >= 11 is 0. The summed E-state index contributed by atoms with van der Waals surface area (Å²) in [6.45, 7) is 9.07. The van der Waals surface area contributed by atoms with E-state index in [2.05, 4.69) is 28.1 Å². The van der Waals surface area contributed by atoms with E-state index in [-0.39, 0.29) is 29.9 Å². The first-order chi connectivity index (χ1) is 13.3. The van der Waals surface area contributed by atoms with Crippen molar-refractivity contribution in [1.82, 2.24) is 10.2 Å². The third-order valence-electron chi connectivity index (χ3n) is 5.11. The molecule has 148 valence electrons. The first-order valence-electron chi connectivity index (χ1n) is 9.05. The van der Waals surface area contributed by atoms with Crippen LogP contribution in [0.1, 0.15) is 28.8 Å². The van der Waals surface area contributed by atoms with Crippen LogP contribution in [0.5, 0.6) is 0 Å². The van der Waals surface area contributed by atoms with Crippen LogP contribution in [0.25, 0.3) is 0 Å². The topological polar surface area (TPSA) is 105 Å². The first kappa shape index (κ1) is 19.6. The molecule has 8 nitrogen and oxygen atoms in total. The molecule has 0 atom stereocenters. The average Bonchev–Trinajstić information content (AvgIpc) is 3.04. The second-order valence-corrected chi connectivity index (χ2v) is 6.89. The molecule has 2 heterocycles. The molecule has 0 saturated carbocycles. The lowest BCUT2D eigenvalue weighted by Crippen LogP contribution is -2.40. The Hall–Kier alpha value is -3.13. The van der Waals surface area contributed by atoms with Crippen molar-refractivity contribution in [2.75, 3.05) is 25.1 Å². The highest BCUT2D eigenvalue weighted by Crippen LogP contribution is 2.34. The van der Waals surface area contributed by atoms with Crippen LogP contribution in [0.15, 0.2) is 42.8 Å². The van der Waals surface area contributed by atoms with E-state index in [1.165, 1.54) is 12.0 Å². The van der Waals surface area contributed by atoms with Gasteiger partial charge < -0.3 is 20.7 Å². The summed E-state index contributed by atoms with van der Waals surface area (Å²) in [4.78, 5) is 40.2. The minimum atomic E-state index is -0.761. The van der Waals surface area contributed by atoms with Crippen LogP contribution in [-0.2, 0) is 20.9 Å². The highest BCUT2D eigenvalue weighted by molar-refractivity contribution is 6.07. The van der Waals surface area contributed by atoms with Gasteiger partial charge in [-0.25, -0.2) is 4.79 Å². The molecular formula is C20H24N4O4. The second-order valence-electron chi connectivity index (χ2n) is 6.89. The van der Waals surface area contributed by atoms with Crippen molar-refractivity contribution in [1.29, 1.82) is 0 Å². The van der Waals surface area contributed by atoms with Gasteiger partial charge in [-0.15, -0.1) is 0 Å². The maximum atomic E-state index is 12.8. The van der Waals surface area contributed by atoms with E-state index < -0.39 is 11.9 Å². The molecule has 2 aliphatic heterocycles. The zero-order valence-electron chi connectivity index (χ0n) is 15.9. The van der Waals surface area contributed by atoms with E-state index in [9.17, 15) is 14.4 Å². The van der Waals surface area contributed by atoms with Crippen molar-refractivity contribution < 1.29 is 19.1 Å². The van der Waals surface area contributed by atoms with E-state index in [4.69, 9.17) is 5.73 Å². The van der Waals surface area contributed by atoms with Gasteiger partial charge in [0, 0.05) is 35.9 Å². The van der Waals surface area contributed by atoms with Crippen LogP contribution in [-0.4, -0.2) is 48.9 Å². The normalized spacial score (nSPS) is 16.6. The number of nitrogens with one attached hydrogen (secondary N) is 1. The van der Waals surface area contributed by atoms with Gasteiger partial charge in [0.1, 0.15) is 11.4 Å². The number of hydrogen-bond donors (Lipinski definition) is 2. The van der Waals surface area contributed by atoms with E-state index in [1.54, 1.807) is 6.07 Å². The molecule has 3 rings (SSSR count). The van der Waals surface area contributed by atoms with Crippen molar-refractivity contribution >= 4 is 23.5 Å². The molecule has 0 bridgehead atoms. The van der Waals surface area contributed by atoms with Crippen LogP contribution >= 0.6 is 0 Å². The number of fused-ring (bicyclic) bond motifs is 1. The molecule has 28 heavy (non-hydrogen) atoms. The van der Waals surface area contributed by atoms with E-state index in [1.807, 2.05) is 12.1 Å². The van der Waals surface area contributed by atoms with Crippen molar-refractivity contribution in [2.24, 2.45) is 5.73 Å². The van der Waals surface area contributed by atoms with Gasteiger partial charge in [-0.1, -0.05) is 19.2 Å². The van der Waals surface area contributed by atoms with Crippen molar-refractivity contribution in [3.63, 3.8) is 0 Å². The fraction of sp³-hybridized carbons (Fsp3) is 0.350. The highest BCUT2D eigenvalue weighted by Gasteiger charge is 2.34. The van der Waals surface area contributed by atoms with Gasteiger partial charge in [0.15, 0.2) is 0 Å². The highest BCUT2D eigenvalue weighted by atomic mass is 16.5. The maximum Gasteiger partial charge on any atom is 0.353 e. The summed E-state index contributed by atoms with van der Waals surface area (Å²) in [5.41, 5.74) is 8.11. The van der Waals surface area contributed by atoms with Gasteiger partial charge in [-0.2, -0.15) is 0 Å². The zero-order valence-corrected chi connectivity index (χ0v) is 15.9. The number of carbonyl (C=O) groups excluding carboxylic acids is 3. The molecular weight excluding hydrogens is 360 g/mol. The standard InChI is InChI=1S/C20H24N4O4/c1-12(20(27)28-3)22-18(25)13(2)24-11-16-15(19(24)26)5-4-6-17(16)23-9-7-14(21)8-10-23/h4-6,14H,1-2,7-11,21H2,3H3,(H,22,25). The molecule has 2 aliphatic rings. The van der Waals surface area contributed by atoms with Crippen molar-refractivity contribution in [3.05, 3.63) is 53.9 Å². The van der Waals surface area contributed by atoms with Crippen LogP contribution in [0.2, 0.25) is 0 Å². The Morgan fingerprint density at radius 2 is 1.93 bits per heavy atom. The smallest absolute Gasteiger partial charge is 0.353 e. The minimum absolute atomic E-state index is 0.0575. The average molecular weight is 384 g/mol. The SMILES string of the molecule is C=C(NC(=O)C(=C)N1Cc2c(cccc2N2CCC(N)CC2)C1=O)C(=O)OC. The number of methoxy groups -OCH3 is 1. The molecule has 0 radical (unpaired) electrons. The monoisotopic (exact) mass is 384 g/mol. The third kappa shape index (κ3) is 3.63. The Bertz CT molecular complexity index is 856. The van der Waals surface area contributed by atoms with Crippen LogP contribution in [0, 0.1) is 0 Å². The predicted octanol–water partition coefficient (Wildman–Crippen LogP) is 0.887. The molecule has 0 unspecified atom stereocenters. The largest absolute Gasteiger partial charge is 0.464 e. The number of amides is 2. The van der Waals surface area contributed by atoms with Gasteiger partial charge in [-0.05, 0) is 25.0 Å². The molecule has 1 aromatic rings. The molecule has 2 amide bonds. The maximum absolute atomic E-state index is 12.8. The van der Waals surface area contributed by atoms with Crippen LogP contribution in [0.3, 0.4) is 0 Å². The molecule has 0 spiro atoms. The summed E-state index contributed by atoms with van der Waals surface area (Å²) in [5.74, 6) is -1.74. The third-order valence-corrected chi connectivity index (χ3v) is 5.11. The van der Waals surface area contributed by atoms with Crippen LogP contribution in [0.4, 0.5) is 5.69 Å². The molecule has 1 saturated heterocycles. The van der Waals surface area contributed by atoms with E-state index >= 15 is 0 Å². The lowest BCUT2D eigenvalue weighted by Gasteiger charge is -2.33. The summed E-state index contributed by atoms with van der Waals surface area (Å²) in [7, 11) is 1.18. The summed E-state index contributed by atoms with van der Waals surface area (Å²) in [6.07, 6.45) is 1.79. The van der Waals surface area contributed by atoms with Crippen molar-refractivity contribution in [3.8, 4) is 0 Å². The lowest BCUT2D eigenvalue weighted by atomic mass is 10.0. The van der Waals surface area contributed by atoms with Gasteiger partial charge in [-0.3, -0.25) is 14.5 Å². The minimum Gasteiger partial charge on any atom is -0.464 e. The summed E-state index contributed by atoms with van der Waals surface area (Å²) in [6, 6.07) is 5.77. The van der Waals surface area contributed by atoms with Gasteiger partial charge in [0.05, 0.1) is 13.7 Å². The predicted molar refractivity (Wildman–Crippen MR) is 104 cm³/mol. The number of nitrogens with zero attached hydrogens (tertiary/aromatic N) is 2. The number of piperidine rings is 1. The Morgan fingerprint density at radius 1 is 1.25 bits per heavy atom. The van der Waals surface area contributed by atoms with Gasteiger partial charge >= 0.3 is 5.97 Å². The Morgan fingerprint density at radius 3 is 2.57 bits per heavy atom. The molecule has 8 heteroatoms. The number of carbonyl (C=O) groups is 3. The quantitative estimate of drug-likeness (QED) is 0.577. The van der Waals surface area contributed by atoms with Crippen LogP contribution < -0.4 is 16.0 Å². The molecule has 1 aromatic carbocycles. The first-order valence-corrected chi connectivity index (χ1v) is 9.05. The molecule has 1 fully saturated rings. The Labute approximate surface area is 163 Å². The lowest BCUT2D eigenvalue weighted by molar-refractivity contribution is -0.137. The number of hydrogen-bond acceptors (Lipinski definition) is 6. The number of ether oxygens (including phenoxy) is 1. The fourth-order valence-electron chi connectivity index (χ4n) is 3.48. The Balaban J connectivity index is 1.77. The number of anilines is 1. The number of esters is 1. The molecule has 0 aliphatic carbocycles. The second kappa shape index (κ2) is 7.85. The van der Waals surface area contributed by atoms with Crippen molar-refractivity contribution in [2.45, 2.75) is 25.4 Å². The molecule has 0 aromatic heterocycles. The van der Waals surface area contributed by atoms with E-state index in [0.717, 1.165) is 37.2 Å². The summed E-state index contributed by atoms with van der Waals surface area (Å²) < 4.78 is 4.50. The molecule has 3 N–H and O–H groups in total. The fourth-order valence-corrected chi connectivity index (χ4v) is 3.48. The van der Waals surface area contributed by atoms with Gasteiger partial charge in [0.25, 0.3) is 11.8 Å². The number of benzene rings is 1. The number of nitrogens with two attached hydrogens (primary N) is 1. The number of rotatable bonds is 5. The van der Waals surface area contributed by atoms with E-state index in [0.29, 0.717) is 5.56 Å². The Kier molecular flexibility index (Phi) is 5.51. The van der Waals surface area contributed by atoms with Gasteiger partial charge in [0.2, 0.25) is 0 Å². The summed E-state index contributed by atoms with van der Waals surface area (Å²) in [5, 5.41) is 2.31. The zero-order chi connectivity index (χ0) is 20.4.